The standard InChI is InChI=1S/C21H18N4O3S/c1-12-5-3-4-6-16(12)22-20(27)17-11-15-18(24-25-21(15)29-17)23-19(26)13-7-9-14(28-2)10-8-13/h3-11H,1-2H3,(H,22,27)(H2,23,24,25,26). The van der Waals surface area contributed by atoms with Crippen LogP contribution in [-0.2, 0) is 0 Å². The fraction of sp³-hybridized carbons (Fsp3) is 0.0952. The third-order valence-corrected chi connectivity index (χ3v) is 5.49. The van der Waals surface area contributed by atoms with E-state index >= 15 is 0 Å². The van der Waals surface area contributed by atoms with Crippen molar-refractivity contribution in [2.45, 2.75) is 6.92 Å². The Morgan fingerprint density at radius 1 is 1.03 bits per heavy atom. The Balaban J connectivity index is 1.53. The van der Waals surface area contributed by atoms with Crippen LogP contribution in [0.25, 0.3) is 10.2 Å². The van der Waals surface area contributed by atoms with Crippen LogP contribution in [0, 0.1) is 6.92 Å². The maximum absolute atomic E-state index is 12.6. The van der Waals surface area contributed by atoms with E-state index in [0.29, 0.717) is 32.2 Å². The van der Waals surface area contributed by atoms with E-state index in [0.717, 1.165) is 11.3 Å². The summed E-state index contributed by atoms with van der Waals surface area (Å²) in [5.41, 5.74) is 2.23. The number of benzene rings is 2. The smallest absolute Gasteiger partial charge is 0.265 e. The van der Waals surface area contributed by atoms with Crippen LogP contribution in [0.4, 0.5) is 11.5 Å². The zero-order valence-corrected chi connectivity index (χ0v) is 16.6. The van der Waals surface area contributed by atoms with Gasteiger partial charge in [0.1, 0.15) is 16.4 Å². The molecule has 4 rings (SSSR count). The maximum Gasteiger partial charge on any atom is 0.265 e. The van der Waals surface area contributed by atoms with Gasteiger partial charge in [-0.15, -0.1) is 11.3 Å². The zero-order chi connectivity index (χ0) is 20.4. The first-order valence-electron chi connectivity index (χ1n) is 8.85. The number of para-hydroxylation sites is 1. The van der Waals surface area contributed by atoms with Crippen molar-refractivity contribution in [3.8, 4) is 5.75 Å². The van der Waals surface area contributed by atoms with E-state index in [1.165, 1.54) is 11.3 Å². The van der Waals surface area contributed by atoms with Crippen LogP contribution in [0.15, 0.2) is 54.6 Å². The Labute approximate surface area is 170 Å². The number of hydrogen-bond donors (Lipinski definition) is 3. The normalized spacial score (nSPS) is 10.7. The molecule has 8 heteroatoms. The molecule has 3 N–H and O–H groups in total. The van der Waals surface area contributed by atoms with Gasteiger partial charge in [0.2, 0.25) is 0 Å². The van der Waals surface area contributed by atoms with Gasteiger partial charge in [0.25, 0.3) is 11.8 Å². The highest BCUT2D eigenvalue weighted by atomic mass is 32.1. The van der Waals surface area contributed by atoms with Gasteiger partial charge in [-0.05, 0) is 48.9 Å². The highest BCUT2D eigenvalue weighted by Crippen LogP contribution is 2.30. The number of nitrogens with one attached hydrogen (secondary N) is 3. The van der Waals surface area contributed by atoms with Gasteiger partial charge in [-0.3, -0.25) is 14.7 Å². The van der Waals surface area contributed by atoms with Crippen LogP contribution >= 0.6 is 11.3 Å². The van der Waals surface area contributed by atoms with Crippen molar-refractivity contribution < 1.29 is 14.3 Å². The minimum Gasteiger partial charge on any atom is -0.497 e. The number of aromatic nitrogens is 2. The summed E-state index contributed by atoms with van der Waals surface area (Å²) in [6.45, 7) is 1.93. The van der Waals surface area contributed by atoms with E-state index in [-0.39, 0.29) is 11.8 Å². The molecule has 0 aliphatic carbocycles. The third-order valence-electron chi connectivity index (χ3n) is 4.46. The van der Waals surface area contributed by atoms with E-state index in [4.69, 9.17) is 4.74 Å². The lowest BCUT2D eigenvalue weighted by Crippen LogP contribution is -2.12. The van der Waals surface area contributed by atoms with Gasteiger partial charge in [-0.2, -0.15) is 5.10 Å². The number of fused-ring (bicyclic) bond motifs is 1. The Hall–Kier alpha value is -3.65. The van der Waals surface area contributed by atoms with Gasteiger partial charge in [0, 0.05) is 11.3 Å². The van der Waals surface area contributed by atoms with Crippen LogP contribution in [0.5, 0.6) is 5.75 Å². The van der Waals surface area contributed by atoms with Gasteiger partial charge in [-0.25, -0.2) is 0 Å². The molecule has 2 aromatic carbocycles. The predicted octanol–water partition coefficient (Wildman–Crippen LogP) is 4.45. The molecule has 2 amide bonds. The summed E-state index contributed by atoms with van der Waals surface area (Å²) in [5.74, 6) is 0.629. The summed E-state index contributed by atoms with van der Waals surface area (Å²) in [4.78, 5) is 26.3. The number of thiophene rings is 1. The van der Waals surface area contributed by atoms with Crippen LogP contribution in [0.3, 0.4) is 0 Å². The molecule has 2 heterocycles. The predicted molar refractivity (Wildman–Crippen MR) is 114 cm³/mol. The first-order chi connectivity index (χ1) is 14.0. The largest absolute Gasteiger partial charge is 0.497 e. The number of aryl methyl sites for hydroxylation is 1. The Morgan fingerprint density at radius 2 is 1.79 bits per heavy atom. The van der Waals surface area contributed by atoms with Crippen LogP contribution < -0.4 is 15.4 Å². The molecule has 0 saturated heterocycles. The summed E-state index contributed by atoms with van der Waals surface area (Å²) in [6, 6.07) is 16.1. The van der Waals surface area contributed by atoms with Crippen molar-refractivity contribution >= 4 is 44.9 Å². The van der Waals surface area contributed by atoms with Crippen molar-refractivity contribution in [2.24, 2.45) is 0 Å². The number of carbonyl (C=O) groups excluding carboxylic acids is 2. The molecule has 29 heavy (non-hydrogen) atoms. The molecule has 0 spiro atoms. The number of methoxy groups -OCH3 is 1. The highest BCUT2D eigenvalue weighted by Gasteiger charge is 2.17. The number of rotatable bonds is 5. The number of nitrogens with zero attached hydrogens (tertiary/aromatic N) is 1. The van der Waals surface area contributed by atoms with Crippen molar-refractivity contribution in [2.75, 3.05) is 17.7 Å². The molecule has 0 aliphatic heterocycles. The van der Waals surface area contributed by atoms with E-state index < -0.39 is 0 Å². The van der Waals surface area contributed by atoms with E-state index in [1.807, 2.05) is 31.2 Å². The fourth-order valence-electron chi connectivity index (χ4n) is 2.84. The number of hydrogen-bond acceptors (Lipinski definition) is 5. The van der Waals surface area contributed by atoms with Gasteiger partial charge in [0.05, 0.1) is 17.4 Å². The van der Waals surface area contributed by atoms with Crippen LogP contribution in [0.2, 0.25) is 0 Å². The third kappa shape index (κ3) is 3.83. The topological polar surface area (TPSA) is 96.1 Å². The summed E-state index contributed by atoms with van der Waals surface area (Å²) >= 11 is 1.26. The molecule has 0 saturated carbocycles. The van der Waals surface area contributed by atoms with E-state index in [9.17, 15) is 9.59 Å². The number of anilines is 2. The quantitative estimate of drug-likeness (QED) is 0.456. The van der Waals surface area contributed by atoms with Crippen molar-refractivity contribution in [1.29, 1.82) is 0 Å². The molecular weight excluding hydrogens is 388 g/mol. The van der Waals surface area contributed by atoms with Crippen LogP contribution in [-0.4, -0.2) is 29.1 Å². The maximum atomic E-state index is 12.6. The van der Waals surface area contributed by atoms with Gasteiger partial charge < -0.3 is 15.4 Å². The average Bonchev–Trinajstić information content (AvgIpc) is 3.32. The van der Waals surface area contributed by atoms with Crippen molar-refractivity contribution in [3.05, 3.63) is 70.6 Å². The molecule has 0 bridgehead atoms. The summed E-state index contributed by atoms with van der Waals surface area (Å²) in [7, 11) is 1.57. The zero-order valence-electron chi connectivity index (χ0n) is 15.8. The van der Waals surface area contributed by atoms with Gasteiger partial charge in [-0.1, -0.05) is 18.2 Å². The Morgan fingerprint density at radius 3 is 2.52 bits per heavy atom. The molecule has 4 aromatic rings. The second-order valence-electron chi connectivity index (χ2n) is 6.38. The summed E-state index contributed by atoms with van der Waals surface area (Å²) in [5, 5.41) is 13.4. The SMILES string of the molecule is COc1ccc(C(=O)Nc2[nH]nc3sc(C(=O)Nc4ccccc4C)cc23)cc1. The van der Waals surface area contributed by atoms with E-state index in [1.54, 1.807) is 37.4 Å². The lowest BCUT2D eigenvalue weighted by Gasteiger charge is -2.06. The number of H-pyrrole nitrogens is 1. The second-order valence-corrected chi connectivity index (χ2v) is 7.41. The number of carbonyl (C=O) groups is 2. The number of aromatic amines is 1. The molecule has 0 fully saturated rings. The monoisotopic (exact) mass is 406 g/mol. The Bertz CT molecular complexity index is 1190. The molecule has 0 aliphatic rings. The number of ether oxygens (including phenoxy) is 1. The van der Waals surface area contributed by atoms with Crippen LogP contribution in [0.1, 0.15) is 25.6 Å². The molecule has 0 radical (unpaired) electrons. The molecule has 2 aromatic heterocycles. The second kappa shape index (κ2) is 7.76. The van der Waals surface area contributed by atoms with Crippen molar-refractivity contribution in [1.82, 2.24) is 10.2 Å². The lowest BCUT2D eigenvalue weighted by molar-refractivity contribution is 0.102. The molecule has 0 unspecified atom stereocenters. The first-order valence-corrected chi connectivity index (χ1v) is 9.67. The molecule has 0 atom stereocenters. The highest BCUT2D eigenvalue weighted by molar-refractivity contribution is 7.20. The summed E-state index contributed by atoms with van der Waals surface area (Å²) < 4.78 is 5.10. The average molecular weight is 406 g/mol. The van der Waals surface area contributed by atoms with E-state index in [2.05, 4.69) is 20.8 Å². The summed E-state index contributed by atoms with van der Waals surface area (Å²) in [6.07, 6.45) is 0. The van der Waals surface area contributed by atoms with Gasteiger partial charge in [0.15, 0.2) is 0 Å². The number of amides is 2. The molecule has 146 valence electrons. The molecular formula is C21H18N4O3S. The minimum absolute atomic E-state index is 0.213. The minimum atomic E-state index is -0.282. The lowest BCUT2D eigenvalue weighted by atomic mass is 10.2. The Kier molecular flexibility index (Phi) is 5.01. The first kappa shape index (κ1) is 18.7. The van der Waals surface area contributed by atoms with Gasteiger partial charge >= 0.3 is 0 Å². The van der Waals surface area contributed by atoms with Crippen molar-refractivity contribution in [3.63, 3.8) is 0 Å². The fourth-order valence-corrected chi connectivity index (χ4v) is 3.73. The molecule has 7 nitrogen and oxygen atoms in total.